The molecular weight excluding hydrogens is 200 g/mol. The molecule has 0 bridgehead atoms. The van der Waals surface area contributed by atoms with E-state index in [2.05, 4.69) is 27.4 Å². The fourth-order valence-electron chi connectivity index (χ4n) is 1.75. The second-order valence-electron chi connectivity index (χ2n) is 4.07. The molecule has 0 saturated carbocycles. The molecular formula is C12H16N4. The number of hydrazine groups is 1. The quantitative estimate of drug-likeness (QED) is 0.604. The second kappa shape index (κ2) is 4.47. The Morgan fingerprint density at radius 2 is 2.06 bits per heavy atom. The Balaban J connectivity index is 2.53. The van der Waals surface area contributed by atoms with Crippen LogP contribution in [0.5, 0.6) is 0 Å². The summed E-state index contributed by atoms with van der Waals surface area (Å²) < 4.78 is 0. The first kappa shape index (κ1) is 10.9. The lowest BCUT2D eigenvalue weighted by Gasteiger charge is -2.14. The fourth-order valence-corrected chi connectivity index (χ4v) is 1.75. The smallest absolute Gasteiger partial charge is 0.145 e. The molecule has 0 aliphatic heterocycles. The molecule has 84 valence electrons. The average Bonchev–Trinajstić information content (AvgIpc) is 2.27. The monoisotopic (exact) mass is 216 g/mol. The lowest BCUT2D eigenvalue weighted by atomic mass is 10.1. The van der Waals surface area contributed by atoms with Crippen molar-refractivity contribution in [2.75, 3.05) is 19.5 Å². The third kappa shape index (κ3) is 2.13. The molecule has 0 atom stereocenters. The summed E-state index contributed by atoms with van der Waals surface area (Å²) in [6.07, 6.45) is 0. The molecule has 1 aromatic heterocycles. The average molecular weight is 216 g/mol. The lowest BCUT2D eigenvalue weighted by Crippen LogP contribution is -2.16. The van der Waals surface area contributed by atoms with Crippen LogP contribution in [0.2, 0.25) is 0 Å². The zero-order valence-corrected chi connectivity index (χ0v) is 9.57. The highest BCUT2D eigenvalue weighted by atomic mass is 15.3. The molecule has 0 aliphatic carbocycles. The molecule has 2 rings (SSSR count). The lowest BCUT2D eigenvalue weighted by molar-refractivity contribution is 0.403. The molecule has 3 N–H and O–H groups in total. The van der Waals surface area contributed by atoms with Gasteiger partial charge in [-0.2, -0.15) is 0 Å². The zero-order chi connectivity index (χ0) is 11.5. The first-order chi connectivity index (χ1) is 7.70. The number of hydrogen-bond donors (Lipinski definition) is 2. The molecule has 2 aromatic rings. The van der Waals surface area contributed by atoms with Crippen molar-refractivity contribution in [2.45, 2.75) is 6.54 Å². The van der Waals surface area contributed by atoms with Crippen molar-refractivity contribution < 1.29 is 0 Å². The summed E-state index contributed by atoms with van der Waals surface area (Å²) in [6.45, 7) is 0.817. The van der Waals surface area contributed by atoms with Crippen LogP contribution in [0.25, 0.3) is 10.9 Å². The predicted octanol–water partition coefficient (Wildman–Crippen LogP) is 1.58. The number of pyridine rings is 1. The molecule has 0 saturated heterocycles. The van der Waals surface area contributed by atoms with Gasteiger partial charge in [0.1, 0.15) is 5.82 Å². The molecule has 0 fully saturated rings. The number of benzene rings is 1. The van der Waals surface area contributed by atoms with Gasteiger partial charge < -0.3 is 10.3 Å². The molecule has 1 aromatic carbocycles. The maximum absolute atomic E-state index is 5.49. The molecule has 0 radical (unpaired) electrons. The van der Waals surface area contributed by atoms with Crippen molar-refractivity contribution in [3.63, 3.8) is 0 Å². The minimum Gasteiger partial charge on any atom is -0.308 e. The SMILES string of the molecule is CN(C)Cc1cc2ccccc2nc1NN. The van der Waals surface area contributed by atoms with E-state index in [-0.39, 0.29) is 0 Å². The van der Waals surface area contributed by atoms with Crippen molar-refractivity contribution in [3.8, 4) is 0 Å². The molecule has 4 heteroatoms. The van der Waals surface area contributed by atoms with Crippen LogP contribution in [0.3, 0.4) is 0 Å². The first-order valence-electron chi connectivity index (χ1n) is 5.20. The van der Waals surface area contributed by atoms with Gasteiger partial charge in [-0.1, -0.05) is 18.2 Å². The van der Waals surface area contributed by atoms with Crippen LogP contribution in [-0.2, 0) is 6.54 Å². The Kier molecular flexibility index (Phi) is 3.03. The third-order valence-electron chi connectivity index (χ3n) is 2.43. The summed E-state index contributed by atoms with van der Waals surface area (Å²) >= 11 is 0. The molecule has 4 nitrogen and oxygen atoms in total. The van der Waals surface area contributed by atoms with Gasteiger partial charge in [0.05, 0.1) is 5.52 Å². The number of anilines is 1. The topological polar surface area (TPSA) is 54.2 Å². The van der Waals surface area contributed by atoms with E-state index in [9.17, 15) is 0 Å². The maximum atomic E-state index is 5.49. The van der Waals surface area contributed by atoms with E-state index in [1.165, 1.54) is 0 Å². The highest BCUT2D eigenvalue weighted by molar-refractivity contribution is 5.81. The Hall–Kier alpha value is -1.65. The van der Waals surface area contributed by atoms with E-state index < -0.39 is 0 Å². The molecule has 16 heavy (non-hydrogen) atoms. The number of fused-ring (bicyclic) bond motifs is 1. The van der Waals surface area contributed by atoms with E-state index in [0.717, 1.165) is 28.8 Å². The van der Waals surface area contributed by atoms with E-state index >= 15 is 0 Å². The predicted molar refractivity (Wildman–Crippen MR) is 66.9 cm³/mol. The standard InChI is InChI=1S/C12H16N4/c1-16(2)8-10-7-9-5-3-4-6-11(9)14-12(10)15-13/h3-7H,8,13H2,1-2H3,(H,14,15). The van der Waals surface area contributed by atoms with Gasteiger partial charge in [-0.3, -0.25) is 0 Å². The van der Waals surface area contributed by atoms with Gasteiger partial charge in [-0.05, 0) is 26.2 Å². The van der Waals surface area contributed by atoms with E-state index in [0.29, 0.717) is 0 Å². The number of para-hydroxylation sites is 1. The summed E-state index contributed by atoms with van der Waals surface area (Å²) in [4.78, 5) is 6.57. The third-order valence-corrected chi connectivity index (χ3v) is 2.43. The number of aromatic nitrogens is 1. The summed E-state index contributed by atoms with van der Waals surface area (Å²) in [5, 5.41) is 1.14. The maximum Gasteiger partial charge on any atom is 0.145 e. The number of nitrogens with zero attached hydrogens (tertiary/aromatic N) is 2. The number of rotatable bonds is 3. The minimum absolute atomic E-state index is 0.743. The Morgan fingerprint density at radius 3 is 2.75 bits per heavy atom. The summed E-state index contributed by atoms with van der Waals surface area (Å²) in [5.41, 5.74) is 4.71. The fraction of sp³-hybridized carbons (Fsp3) is 0.250. The van der Waals surface area contributed by atoms with Crippen molar-refractivity contribution in [3.05, 3.63) is 35.9 Å². The molecule has 0 spiro atoms. The van der Waals surface area contributed by atoms with Gasteiger partial charge in [0, 0.05) is 17.5 Å². The number of hydrogen-bond acceptors (Lipinski definition) is 4. The van der Waals surface area contributed by atoms with Crippen LogP contribution in [0, 0.1) is 0 Å². The largest absolute Gasteiger partial charge is 0.308 e. The molecule has 0 unspecified atom stereocenters. The van der Waals surface area contributed by atoms with Gasteiger partial charge in [-0.15, -0.1) is 0 Å². The Morgan fingerprint density at radius 1 is 1.31 bits per heavy atom. The molecule has 0 aliphatic rings. The van der Waals surface area contributed by atoms with Gasteiger partial charge >= 0.3 is 0 Å². The van der Waals surface area contributed by atoms with Crippen molar-refractivity contribution in [2.24, 2.45) is 5.84 Å². The number of nitrogens with two attached hydrogens (primary N) is 1. The molecule has 0 amide bonds. The highest BCUT2D eigenvalue weighted by Crippen LogP contribution is 2.20. The Labute approximate surface area is 95.0 Å². The van der Waals surface area contributed by atoms with E-state index in [1.807, 2.05) is 32.3 Å². The highest BCUT2D eigenvalue weighted by Gasteiger charge is 2.06. The van der Waals surface area contributed by atoms with Crippen molar-refractivity contribution in [1.29, 1.82) is 0 Å². The normalized spacial score (nSPS) is 11.0. The number of nitrogens with one attached hydrogen (secondary N) is 1. The van der Waals surface area contributed by atoms with E-state index in [1.54, 1.807) is 0 Å². The van der Waals surface area contributed by atoms with Gasteiger partial charge in [0.15, 0.2) is 0 Å². The van der Waals surface area contributed by atoms with Crippen LogP contribution < -0.4 is 11.3 Å². The van der Waals surface area contributed by atoms with Crippen LogP contribution in [0.4, 0.5) is 5.82 Å². The number of nitrogen functional groups attached to an aromatic ring is 1. The van der Waals surface area contributed by atoms with Gasteiger partial charge in [-0.25, -0.2) is 10.8 Å². The van der Waals surface area contributed by atoms with Crippen LogP contribution in [-0.4, -0.2) is 24.0 Å². The summed E-state index contributed by atoms with van der Waals surface area (Å²) in [7, 11) is 4.05. The Bertz CT molecular complexity index is 493. The summed E-state index contributed by atoms with van der Waals surface area (Å²) in [5.74, 6) is 6.23. The van der Waals surface area contributed by atoms with E-state index in [4.69, 9.17) is 5.84 Å². The zero-order valence-electron chi connectivity index (χ0n) is 9.57. The van der Waals surface area contributed by atoms with Crippen molar-refractivity contribution in [1.82, 2.24) is 9.88 Å². The second-order valence-corrected chi connectivity index (χ2v) is 4.07. The minimum atomic E-state index is 0.743. The first-order valence-corrected chi connectivity index (χ1v) is 5.20. The summed E-state index contributed by atoms with van der Waals surface area (Å²) in [6, 6.07) is 10.1. The van der Waals surface area contributed by atoms with Crippen LogP contribution >= 0.6 is 0 Å². The molecule has 1 heterocycles. The van der Waals surface area contributed by atoms with Gasteiger partial charge in [0.2, 0.25) is 0 Å². The van der Waals surface area contributed by atoms with Gasteiger partial charge in [0.25, 0.3) is 0 Å². The van der Waals surface area contributed by atoms with Crippen LogP contribution in [0.1, 0.15) is 5.56 Å². The van der Waals surface area contributed by atoms with Crippen molar-refractivity contribution >= 4 is 16.7 Å². The van der Waals surface area contributed by atoms with Crippen LogP contribution in [0.15, 0.2) is 30.3 Å².